The maximum absolute atomic E-state index is 12.4. The number of halogens is 2. The highest BCUT2D eigenvalue weighted by Gasteiger charge is 2.16. The van der Waals surface area contributed by atoms with Gasteiger partial charge in [-0.25, -0.2) is 4.39 Å². The molecule has 0 amide bonds. The standard InChI is InChI=1S/C10H17ClFNO/c11-13(14)8-10(7-12)6-9-4-2-1-3-5-9/h7,9,14H,1-6,8H2/b10-7-. The summed E-state index contributed by atoms with van der Waals surface area (Å²) in [6, 6.07) is 0. The molecule has 0 aromatic carbocycles. The van der Waals surface area contributed by atoms with E-state index in [1.54, 1.807) is 0 Å². The molecular weight excluding hydrogens is 205 g/mol. The molecule has 0 radical (unpaired) electrons. The number of rotatable bonds is 4. The molecule has 0 aromatic heterocycles. The Kier molecular flexibility index (Phi) is 5.45. The van der Waals surface area contributed by atoms with Crippen LogP contribution in [0.3, 0.4) is 0 Å². The zero-order valence-corrected chi connectivity index (χ0v) is 9.01. The van der Waals surface area contributed by atoms with Crippen LogP contribution in [0.5, 0.6) is 0 Å². The summed E-state index contributed by atoms with van der Waals surface area (Å²) >= 11 is 5.25. The lowest BCUT2D eigenvalue weighted by Gasteiger charge is -2.22. The summed E-state index contributed by atoms with van der Waals surface area (Å²) < 4.78 is 12.9. The van der Waals surface area contributed by atoms with Crippen LogP contribution >= 0.6 is 11.8 Å². The molecule has 0 aliphatic heterocycles. The van der Waals surface area contributed by atoms with Crippen LogP contribution < -0.4 is 0 Å². The van der Waals surface area contributed by atoms with Gasteiger partial charge in [0.25, 0.3) is 0 Å². The van der Waals surface area contributed by atoms with Crippen LogP contribution in [0.2, 0.25) is 0 Å². The minimum Gasteiger partial charge on any atom is -0.298 e. The van der Waals surface area contributed by atoms with Crippen molar-refractivity contribution in [2.75, 3.05) is 6.54 Å². The third kappa shape index (κ3) is 4.40. The summed E-state index contributed by atoms with van der Waals surface area (Å²) in [6.07, 6.45) is 7.42. The van der Waals surface area contributed by atoms with Crippen molar-refractivity contribution in [2.24, 2.45) is 5.92 Å². The van der Waals surface area contributed by atoms with Gasteiger partial charge in [0.2, 0.25) is 0 Å². The molecular formula is C10H17ClFNO. The minimum absolute atomic E-state index is 0.0918. The lowest BCUT2D eigenvalue weighted by atomic mass is 9.85. The molecule has 4 heteroatoms. The van der Waals surface area contributed by atoms with Gasteiger partial charge in [-0.1, -0.05) is 36.7 Å². The Morgan fingerprint density at radius 3 is 2.57 bits per heavy atom. The van der Waals surface area contributed by atoms with Crippen LogP contribution in [0.1, 0.15) is 38.5 Å². The van der Waals surface area contributed by atoms with Gasteiger partial charge in [0.05, 0.1) is 12.9 Å². The number of hydrogen-bond acceptors (Lipinski definition) is 2. The van der Waals surface area contributed by atoms with Gasteiger partial charge < -0.3 is 0 Å². The van der Waals surface area contributed by atoms with Crippen LogP contribution in [0.25, 0.3) is 0 Å². The van der Waals surface area contributed by atoms with E-state index in [4.69, 9.17) is 17.0 Å². The number of nitrogens with zero attached hydrogens (tertiary/aromatic N) is 1. The van der Waals surface area contributed by atoms with Crippen molar-refractivity contribution in [3.05, 3.63) is 11.9 Å². The first kappa shape index (κ1) is 12.0. The Hall–Kier alpha value is -0.120. The smallest absolute Gasteiger partial charge is 0.0873 e. The first-order chi connectivity index (χ1) is 6.72. The van der Waals surface area contributed by atoms with Gasteiger partial charge in [-0.15, -0.1) is 0 Å². The fourth-order valence-corrected chi connectivity index (χ4v) is 2.23. The Morgan fingerprint density at radius 2 is 2.07 bits per heavy atom. The van der Waals surface area contributed by atoms with E-state index in [1.807, 2.05) is 0 Å². The highest BCUT2D eigenvalue weighted by atomic mass is 35.5. The summed E-state index contributed by atoms with van der Waals surface area (Å²) in [6.45, 7) is 0.0918. The molecule has 1 N–H and O–H groups in total. The van der Waals surface area contributed by atoms with Gasteiger partial charge >= 0.3 is 0 Å². The van der Waals surface area contributed by atoms with Crippen molar-refractivity contribution in [2.45, 2.75) is 38.5 Å². The zero-order valence-electron chi connectivity index (χ0n) is 8.25. The van der Waals surface area contributed by atoms with Crippen molar-refractivity contribution in [1.82, 2.24) is 4.58 Å². The molecule has 0 heterocycles. The second-order valence-electron chi connectivity index (χ2n) is 3.97. The summed E-state index contributed by atoms with van der Waals surface area (Å²) in [4.78, 5) is 0. The van der Waals surface area contributed by atoms with Gasteiger partial charge in [-0.3, -0.25) is 5.21 Å². The van der Waals surface area contributed by atoms with Crippen molar-refractivity contribution in [1.29, 1.82) is 0 Å². The highest BCUT2D eigenvalue weighted by molar-refractivity contribution is 6.12. The van der Waals surface area contributed by atoms with E-state index in [0.717, 1.165) is 6.42 Å². The molecule has 2 nitrogen and oxygen atoms in total. The first-order valence-corrected chi connectivity index (χ1v) is 5.46. The van der Waals surface area contributed by atoms with E-state index >= 15 is 0 Å². The fourth-order valence-electron chi connectivity index (χ4n) is 2.07. The Labute approximate surface area is 89.4 Å². The van der Waals surface area contributed by atoms with Gasteiger partial charge in [-0.05, 0) is 17.9 Å². The molecule has 1 aliphatic carbocycles. The third-order valence-corrected chi connectivity index (χ3v) is 2.88. The summed E-state index contributed by atoms with van der Waals surface area (Å²) in [5.41, 5.74) is 0.578. The highest BCUT2D eigenvalue weighted by Crippen LogP contribution is 2.29. The molecule has 0 atom stereocenters. The molecule has 0 spiro atoms. The maximum atomic E-state index is 12.4. The van der Waals surface area contributed by atoms with Crippen molar-refractivity contribution >= 4 is 11.8 Å². The molecule has 0 saturated heterocycles. The normalized spacial score (nSPS) is 20.4. The van der Waals surface area contributed by atoms with Crippen LogP contribution in [-0.2, 0) is 0 Å². The van der Waals surface area contributed by atoms with Crippen molar-refractivity contribution < 1.29 is 9.60 Å². The predicted octanol–water partition coefficient (Wildman–Crippen LogP) is 3.66. The van der Waals surface area contributed by atoms with E-state index in [-0.39, 0.29) is 6.54 Å². The predicted molar refractivity (Wildman–Crippen MR) is 54.7 cm³/mol. The third-order valence-electron chi connectivity index (χ3n) is 2.76. The molecule has 1 rings (SSSR count). The van der Waals surface area contributed by atoms with Crippen LogP contribution in [0.4, 0.5) is 4.39 Å². The maximum Gasteiger partial charge on any atom is 0.0873 e. The van der Waals surface area contributed by atoms with E-state index in [2.05, 4.69) is 0 Å². The summed E-state index contributed by atoms with van der Waals surface area (Å²) in [5.74, 6) is 0.572. The van der Waals surface area contributed by atoms with E-state index in [1.165, 1.54) is 32.1 Å². The average molecular weight is 222 g/mol. The molecule has 14 heavy (non-hydrogen) atoms. The first-order valence-electron chi connectivity index (χ1n) is 5.12. The average Bonchev–Trinajstić information content (AvgIpc) is 2.17. The molecule has 0 unspecified atom stereocenters. The SMILES string of the molecule is ON(Cl)C/C(=C\F)CC1CCCCC1. The fraction of sp³-hybridized carbons (Fsp3) is 0.800. The molecule has 82 valence electrons. The zero-order chi connectivity index (χ0) is 10.4. The van der Waals surface area contributed by atoms with E-state index in [0.29, 0.717) is 22.4 Å². The molecule has 0 bridgehead atoms. The Bertz CT molecular complexity index is 191. The van der Waals surface area contributed by atoms with Crippen LogP contribution in [0, 0.1) is 5.92 Å². The molecule has 1 saturated carbocycles. The largest absolute Gasteiger partial charge is 0.298 e. The Morgan fingerprint density at radius 1 is 1.43 bits per heavy atom. The summed E-state index contributed by atoms with van der Waals surface area (Å²) in [5, 5.41) is 8.77. The van der Waals surface area contributed by atoms with Gasteiger partial charge in [0.1, 0.15) is 0 Å². The molecule has 1 aliphatic rings. The lowest BCUT2D eigenvalue weighted by molar-refractivity contribution is 0.0137. The van der Waals surface area contributed by atoms with Gasteiger partial charge in [-0.2, -0.15) is 0 Å². The van der Waals surface area contributed by atoms with Crippen LogP contribution in [0.15, 0.2) is 11.9 Å². The topological polar surface area (TPSA) is 23.5 Å². The second-order valence-corrected chi connectivity index (χ2v) is 4.36. The van der Waals surface area contributed by atoms with E-state index < -0.39 is 0 Å². The summed E-state index contributed by atoms with van der Waals surface area (Å²) in [7, 11) is 0. The second kappa shape index (κ2) is 6.38. The lowest BCUT2D eigenvalue weighted by Crippen LogP contribution is -2.14. The quantitative estimate of drug-likeness (QED) is 0.579. The van der Waals surface area contributed by atoms with Gasteiger partial charge in [0.15, 0.2) is 0 Å². The van der Waals surface area contributed by atoms with Gasteiger partial charge in [0, 0.05) is 11.8 Å². The van der Waals surface area contributed by atoms with Crippen molar-refractivity contribution in [3.8, 4) is 0 Å². The minimum atomic E-state index is 0.0918. The molecule has 0 aromatic rings. The number of hydroxylamine groups is 1. The monoisotopic (exact) mass is 221 g/mol. The molecule has 1 fully saturated rings. The Balaban J connectivity index is 2.32. The van der Waals surface area contributed by atoms with Crippen LogP contribution in [-0.4, -0.2) is 16.3 Å². The van der Waals surface area contributed by atoms with Crippen molar-refractivity contribution in [3.63, 3.8) is 0 Å². The van der Waals surface area contributed by atoms with E-state index in [9.17, 15) is 4.39 Å². The number of hydrogen-bond donors (Lipinski definition) is 1.